The molecule has 0 spiro atoms. The Morgan fingerprint density at radius 1 is 1.19 bits per heavy atom. The van der Waals surface area contributed by atoms with E-state index in [1.807, 2.05) is 43.0 Å². The van der Waals surface area contributed by atoms with Gasteiger partial charge in [0.2, 0.25) is 0 Å². The molecule has 1 aliphatic carbocycles. The van der Waals surface area contributed by atoms with Crippen LogP contribution in [0.4, 0.5) is 0 Å². The van der Waals surface area contributed by atoms with Gasteiger partial charge >= 0.3 is 0 Å². The Hall–Kier alpha value is -3.35. The molecule has 1 aliphatic rings. The van der Waals surface area contributed by atoms with E-state index in [-0.39, 0.29) is 29.2 Å². The van der Waals surface area contributed by atoms with Crippen molar-refractivity contribution in [1.82, 2.24) is 14.3 Å². The predicted molar refractivity (Wildman–Crippen MR) is 122 cm³/mol. The third kappa shape index (κ3) is 4.47. The molecule has 0 radical (unpaired) electrons. The summed E-state index contributed by atoms with van der Waals surface area (Å²) in [6.07, 6.45) is 7.06. The molecule has 32 heavy (non-hydrogen) atoms. The number of benzene rings is 1. The summed E-state index contributed by atoms with van der Waals surface area (Å²) in [7, 11) is 1.61. The van der Waals surface area contributed by atoms with Crippen molar-refractivity contribution >= 4 is 11.6 Å². The largest absolute Gasteiger partial charge is 0.493 e. The van der Waals surface area contributed by atoms with Crippen molar-refractivity contribution in [3.05, 3.63) is 70.3 Å². The Morgan fingerprint density at radius 3 is 2.69 bits per heavy atom. The number of amides is 1. The van der Waals surface area contributed by atoms with Crippen LogP contribution in [0.2, 0.25) is 0 Å². The highest BCUT2D eigenvalue weighted by molar-refractivity contribution is 5.94. The number of carbonyl (C=O) groups excluding carboxylic acids is 1. The molecular weight excluding hydrogens is 406 g/mol. The number of pyridine rings is 1. The minimum absolute atomic E-state index is 0.00422. The lowest BCUT2D eigenvalue weighted by Crippen LogP contribution is -2.41. The lowest BCUT2D eigenvalue weighted by Gasteiger charge is -2.29. The zero-order chi connectivity index (χ0) is 22.7. The molecule has 1 amide bonds. The Balaban J connectivity index is 1.69. The molecule has 0 aliphatic heterocycles. The summed E-state index contributed by atoms with van der Waals surface area (Å²) in [4.78, 5) is 32.8. The standard InChI is InChI=1S/C25H29N3O4/c1-17(2)32-22-14-18(11-12-21(22)31-3)16-28(19-8-4-5-9-19)25(30)20-15-26-23-10-6-7-13-27(23)24(20)29/h6-7,10-15,17,19H,4-5,8-9,16H2,1-3H3. The van der Waals surface area contributed by atoms with Crippen LogP contribution < -0.4 is 15.0 Å². The normalized spacial score (nSPS) is 14.1. The molecule has 0 N–H and O–H groups in total. The average molecular weight is 436 g/mol. The van der Waals surface area contributed by atoms with Crippen LogP contribution in [0, 0.1) is 0 Å². The highest BCUT2D eigenvalue weighted by Crippen LogP contribution is 2.31. The summed E-state index contributed by atoms with van der Waals surface area (Å²) in [6, 6.07) is 11.1. The average Bonchev–Trinajstić information content (AvgIpc) is 3.32. The topological polar surface area (TPSA) is 73.1 Å². The van der Waals surface area contributed by atoms with Gasteiger partial charge in [-0.1, -0.05) is 25.0 Å². The zero-order valence-corrected chi connectivity index (χ0v) is 18.8. The van der Waals surface area contributed by atoms with Crippen molar-refractivity contribution < 1.29 is 14.3 Å². The van der Waals surface area contributed by atoms with E-state index in [1.54, 1.807) is 25.4 Å². The number of fused-ring (bicyclic) bond motifs is 1. The second-order valence-corrected chi connectivity index (χ2v) is 8.43. The fourth-order valence-electron chi connectivity index (χ4n) is 4.27. The predicted octanol–water partition coefficient (Wildman–Crippen LogP) is 4.08. The number of aromatic nitrogens is 2. The molecule has 0 atom stereocenters. The van der Waals surface area contributed by atoms with Crippen molar-refractivity contribution in [2.24, 2.45) is 0 Å². The Kier molecular flexibility index (Phi) is 6.44. The SMILES string of the molecule is COc1ccc(CN(C(=O)c2cnc3ccccn3c2=O)C2CCCC2)cc1OC(C)C. The number of ether oxygens (including phenoxy) is 2. The van der Waals surface area contributed by atoms with E-state index < -0.39 is 0 Å². The smallest absolute Gasteiger partial charge is 0.270 e. The van der Waals surface area contributed by atoms with E-state index in [4.69, 9.17) is 9.47 Å². The maximum Gasteiger partial charge on any atom is 0.270 e. The van der Waals surface area contributed by atoms with Gasteiger partial charge in [-0.15, -0.1) is 0 Å². The maximum atomic E-state index is 13.6. The third-order valence-corrected chi connectivity index (χ3v) is 5.81. The molecule has 3 aromatic rings. The van der Waals surface area contributed by atoms with Crippen molar-refractivity contribution in [1.29, 1.82) is 0 Å². The van der Waals surface area contributed by atoms with Crippen LogP contribution in [0.25, 0.3) is 5.65 Å². The van der Waals surface area contributed by atoms with Gasteiger partial charge in [-0.25, -0.2) is 4.98 Å². The second-order valence-electron chi connectivity index (χ2n) is 8.43. The monoisotopic (exact) mass is 435 g/mol. The highest BCUT2D eigenvalue weighted by atomic mass is 16.5. The Morgan fingerprint density at radius 2 is 1.97 bits per heavy atom. The van der Waals surface area contributed by atoms with Crippen LogP contribution in [0.15, 0.2) is 53.6 Å². The molecular formula is C25H29N3O4. The van der Waals surface area contributed by atoms with Crippen molar-refractivity contribution in [2.45, 2.75) is 58.2 Å². The van der Waals surface area contributed by atoms with Gasteiger partial charge in [-0.2, -0.15) is 0 Å². The van der Waals surface area contributed by atoms with Gasteiger partial charge in [-0.05, 0) is 56.5 Å². The van der Waals surface area contributed by atoms with Crippen LogP contribution in [0.5, 0.6) is 11.5 Å². The van der Waals surface area contributed by atoms with E-state index in [2.05, 4.69) is 4.98 Å². The van der Waals surface area contributed by atoms with Gasteiger partial charge in [0.15, 0.2) is 11.5 Å². The molecule has 7 nitrogen and oxygen atoms in total. The second kappa shape index (κ2) is 9.42. The minimum Gasteiger partial charge on any atom is -0.493 e. The number of hydrogen-bond acceptors (Lipinski definition) is 5. The van der Waals surface area contributed by atoms with Crippen LogP contribution in [-0.2, 0) is 6.54 Å². The first-order valence-electron chi connectivity index (χ1n) is 11.1. The zero-order valence-electron chi connectivity index (χ0n) is 18.8. The maximum absolute atomic E-state index is 13.6. The summed E-state index contributed by atoms with van der Waals surface area (Å²) >= 11 is 0. The van der Waals surface area contributed by atoms with Crippen LogP contribution in [-0.4, -0.2) is 39.4 Å². The van der Waals surface area contributed by atoms with Gasteiger partial charge in [0.25, 0.3) is 11.5 Å². The molecule has 2 heterocycles. The summed E-state index contributed by atoms with van der Waals surface area (Å²) in [5, 5.41) is 0. The fourth-order valence-corrected chi connectivity index (χ4v) is 4.27. The summed E-state index contributed by atoms with van der Waals surface area (Å²) < 4.78 is 12.7. The van der Waals surface area contributed by atoms with Gasteiger partial charge in [0.05, 0.1) is 13.2 Å². The van der Waals surface area contributed by atoms with E-state index in [1.165, 1.54) is 10.6 Å². The molecule has 4 rings (SSSR count). The first kappa shape index (κ1) is 21.9. The summed E-state index contributed by atoms with van der Waals surface area (Å²) in [6.45, 7) is 4.31. The fraction of sp³-hybridized carbons (Fsp3) is 0.400. The quantitative estimate of drug-likeness (QED) is 0.559. The minimum atomic E-state index is -0.345. The number of methoxy groups -OCH3 is 1. The van der Waals surface area contributed by atoms with Gasteiger partial charge in [0.1, 0.15) is 11.2 Å². The summed E-state index contributed by atoms with van der Waals surface area (Å²) in [5.74, 6) is 1.01. The van der Waals surface area contributed by atoms with Crippen molar-refractivity contribution in [3.8, 4) is 11.5 Å². The number of carbonyl (C=O) groups is 1. The van der Waals surface area contributed by atoms with Crippen LogP contribution in [0.3, 0.4) is 0 Å². The molecule has 1 saturated carbocycles. The van der Waals surface area contributed by atoms with E-state index in [0.717, 1.165) is 31.2 Å². The van der Waals surface area contributed by atoms with Crippen molar-refractivity contribution in [3.63, 3.8) is 0 Å². The van der Waals surface area contributed by atoms with Crippen LogP contribution >= 0.6 is 0 Å². The van der Waals surface area contributed by atoms with E-state index >= 15 is 0 Å². The van der Waals surface area contributed by atoms with Gasteiger partial charge in [-0.3, -0.25) is 14.0 Å². The van der Waals surface area contributed by atoms with E-state index in [0.29, 0.717) is 23.7 Å². The molecule has 1 aromatic carbocycles. The van der Waals surface area contributed by atoms with Gasteiger partial charge < -0.3 is 14.4 Å². The van der Waals surface area contributed by atoms with Crippen molar-refractivity contribution in [2.75, 3.05) is 7.11 Å². The van der Waals surface area contributed by atoms with Crippen LogP contribution in [0.1, 0.15) is 55.5 Å². The number of hydrogen-bond donors (Lipinski definition) is 0. The first-order valence-corrected chi connectivity index (χ1v) is 11.1. The molecule has 0 bridgehead atoms. The van der Waals surface area contributed by atoms with Gasteiger partial charge in [0, 0.05) is 25.0 Å². The number of rotatable bonds is 7. The molecule has 168 valence electrons. The molecule has 1 fully saturated rings. The Labute approximate surface area is 187 Å². The Bertz CT molecular complexity index is 1170. The molecule has 2 aromatic heterocycles. The van der Waals surface area contributed by atoms with E-state index in [9.17, 15) is 9.59 Å². The lowest BCUT2D eigenvalue weighted by atomic mass is 10.1. The molecule has 7 heteroatoms. The lowest BCUT2D eigenvalue weighted by molar-refractivity contribution is 0.0661. The third-order valence-electron chi connectivity index (χ3n) is 5.81. The first-order chi connectivity index (χ1) is 15.5. The highest BCUT2D eigenvalue weighted by Gasteiger charge is 2.29. The number of nitrogens with zero attached hydrogens (tertiary/aromatic N) is 3. The molecule has 0 unspecified atom stereocenters. The summed E-state index contributed by atoms with van der Waals surface area (Å²) in [5.41, 5.74) is 1.19. The molecule has 0 saturated heterocycles.